The summed E-state index contributed by atoms with van der Waals surface area (Å²) < 4.78 is 51.5. The van der Waals surface area contributed by atoms with Crippen LogP contribution in [0.4, 0.5) is 20.2 Å². The molecule has 0 saturated heterocycles. The Hall–Kier alpha value is -1.41. The predicted molar refractivity (Wildman–Crippen MR) is 57.0 cm³/mol. The number of nitrogens with zero attached hydrogens (tertiary/aromatic N) is 1. The normalized spacial score (nSPS) is 11.8. The number of anilines is 2. The van der Waals surface area contributed by atoms with Gasteiger partial charge in [-0.25, -0.2) is 8.78 Å². The summed E-state index contributed by atoms with van der Waals surface area (Å²) in [5, 5.41) is 0. The second-order valence-electron chi connectivity index (χ2n) is 3.24. The number of nitrogens with two attached hydrogens (primary N) is 1. The molecule has 0 bridgehead atoms. The van der Waals surface area contributed by atoms with Gasteiger partial charge in [0, 0.05) is 20.2 Å². The van der Waals surface area contributed by atoms with Crippen LogP contribution in [0.15, 0.2) is 12.1 Å². The minimum atomic E-state index is -3.87. The minimum Gasteiger partial charge on any atom is -0.397 e. The zero-order chi connectivity index (χ0) is 12.5. The van der Waals surface area contributed by atoms with Crippen LogP contribution in [-0.4, -0.2) is 26.8 Å². The molecule has 0 aliphatic heterocycles. The van der Waals surface area contributed by atoms with Crippen molar-refractivity contribution in [2.24, 2.45) is 0 Å². The topological polar surface area (TPSA) is 75.4 Å². The van der Waals surface area contributed by atoms with E-state index in [-0.39, 0.29) is 5.69 Å². The fourth-order valence-corrected chi connectivity index (χ4v) is 1.58. The molecular formula is C8H11F2N3O2S. The molecule has 0 fully saturated rings. The molecule has 0 radical (unpaired) electrons. The van der Waals surface area contributed by atoms with Crippen LogP contribution in [-0.2, 0) is 10.2 Å². The maximum atomic E-state index is 13.2. The van der Waals surface area contributed by atoms with Crippen LogP contribution in [0.5, 0.6) is 0 Å². The van der Waals surface area contributed by atoms with E-state index in [4.69, 9.17) is 5.73 Å². The Balaban J connectivity index is 3.17. The average molecular weight is 251 g/mol. The zero-order valence-electron chi connectivity index (χ0n) is 8.66. The molecule has 0 aliphatic carbocycles. The molecule has 90 valence electrons. The Labute approximate surface area is 92.0 Å². The summed E-state index contributed by atoms with van der Waals surface area (Å²) in [7, 11) is -1.34. The Kier molecular flexibility index (Phi) is 3.34. The molecule has 16 heavy (non-hydrogen) atoms. The van der Waals surface area contributed by atoms with Crippen molar-refractivity contribution in [1.82, 2.24) is 4.31 Å². The van der Waals surface area contributed by atoms with Gasteiger partial charge in [-0.3, -0.25) is 4.72 Å². The second kappa shape index (κ2) is 4.22. The molecule has 0 aromatic heterocycles. The summed E-state index contributed by atoms with van der Waals surface area (Å²) >= 11 is 0. The Bertz CT molecular complexity index is 479. The van der Waals surface area contributed by atoms with Crippen molar-refractivity contribution in [1.29, 1.82) is 0 Å². The number of nitrogens with one attached hydrogen (secondary N) is 1. The molecule has 0 saturated carbocycles. The van der Waals surface area contributed by atoms with Crippen LogP contribution >= 0.6 is 0 Å². The first kappa shape index (κ1) is 12.7. The SMILES string of the molecule is CN(C)S(=O)(=O)Nc1c(N)cc(F)cc1F. The molecule has 0 atom stereocenters. The van der Waals surface area contributed by atoms with Crippen molar-refractivity contribution in [3.63, 3.8) is 0 Å². The van der Waals surface area contributed by atoms with E-state index in [1.54, 1.807) is 0 Å². The maximum absolute atomic E-state index is 13.2. The third kappa shape index (κ3) is 2.58. The van der Waals surface area contributed by atoms with Crippen LogP contribution < -0.4 is 10.5 Å². The fourth-order valence-electron chi connectivity index (χ4n) is 0.921. The van der Waals surface area contributed by atoms with Crippen molar-refractivity contribution in [2.75, 3.05) is 24.6 Å². The first-order valence-electron chi connectivity index (χ1n) is 4.19. The number of rotatable bonds is 3. The van der Waals surface area contributed by atoms with Gasteiger partial charge in [0.1, 0.15) is 11.5 Å². The quantitative estimate of drug-likeness (QED) is 0.779. The van der Waals surface area contributed by atoms with Gasteiger partial charge in [-0.1, -0.05) is 0 Å². The van der Waals surface area contributed by atoms with Gasteiger partial charge in [0.15, 0.2) is 5.82 Å². The van der Waals surface area contributed by atoms with Gasteiger partial charge in [0.25, 0.3) is 0 Å². The van der Waals surface area contributed by atoms with Gasteiger partial charge < -0.3 is 5.73 Å². The van der Waals surface area contributed by atoms with Gasteiger partial charge in [-0.2, -0.15) is 12.7 Å². The summed E-state index contributed by atoms with van der Waals surface area (Å²) in [6, 6.07) is 1.38. The molecule has 1 aromatic rings. The Morgan fingerprint density at radius 3 is 2.31 bits per heavy atom. The van der Waals surface area contributed by atoms with E-state index in [9.17, 15) is 17.2 Å². The Morgan fingerprint density at radius 2 is 1.88 bits per heavy atom. The van der Waals surface area contributed by atoms with Crippen molar-refractivity contribution in [2.45, 2.75) is 0 Å². The van der Waals surface area contributed by atoms with E-state index in [1.807, 2.05) is 4.72 Å². The molecule has 1 aromatic carbocycles. The van der Waals surface area contributed by atoms with Gasteiger partial charge in [-0.15, -0.1) is 0 Å². The maximum Gasteiger partial charge on any atom is 0.301 e. The molecule has 0 heterocycles. The monoisotopic (exact) mass is 251 g/mol. The van der Waals surface area contributed by atoms with Gasteiger partial charge in [0.2, 0.25) is 0 Å². The highest BCUT2D eigenvalue weighted by atomic mass is 32.2. The van der Waals surface area contributed by atoms with Gasteiger partial charge >= 0.3 is 10.2 Å². The molecule has 1 rings (SSSR count). The smallest absolute Gasteiger partial charge is 0.301 e. The minimum absolute atomic E-state index is 0.317. The lowest BCUT2D eigenvalue weighted by Crippen LogP contribution is -2.29. The Morgan fingerprint density at radius 1 is 1.31 bits per heavy atom. The number of nitrogen functional groups attached to an aromatic ring is 1. The summed E-state index contributed by atoms with van der Waals surface area (Å²) in [5.41, 5.74) is 4.52. The standard InChI is InChI=1S/C8H11F2N3O2S/c1-13(2)16(14,15)12-8-6(10)3-5(9)4-7(8)11/h3-4,12H,11H2,1-2H3. The van der Waals surface area contributed by atoms with E-state index >= 15 is 0 Å². The van der Waals surface area contributed by atoms with Crippen LogP contribution in [0.3, 0.4) is 0 Å². The second-order valence-corrected chi connectivity index (χ2v) is 5.13. The summed E-state index contributed by atoms with van der Waals surface area (Å²) in [4.78, 5) is 0. The van der Waals surface area contributed by atoms with E-state index in [0.29, 0.717) is 6.07 Å². The lowest BCUT2D eigenvalue weighted by molar-refractivity contribution is 0.525. The van der Waals surface area contributed by atoms with E-state index in [2.05, 4.69) is 0 Å². The first-order valence-corrected chi connectivity index (χ1v) is 5.63. The molecule has 3 N–H and O–H groups in total. The summed E-state index contributed by atoms with van der Waals surface area (Å²) in [5.74, 6) is -1.94. The first-order chi connectivity index (χ1) is 7.24. The van der Waals surface area contributed by atoms with Gasteiger partial charge in [-0.05, 0) is 6.07 Å². The van der Waals surface area contributed by atoms with Crippen LogP contribution in [0.1, 0.15) is 0 Å². The fraction of sp³-hybridized carbons (Fsp3) is 0.250. The van der Waals surface area contributed by atoms with E-state index in [1.165, 1.54) is 14.1 Å². The van der Waals surface area contributed by atoms with Gasteiger partial charge in [0.05, 0.1) is 5.69 Å². The largest absolute Gasteiger partial charge is 0.397 e. The third-order valence-corrected chi connectivity index (χ3v) is 3.22. The number of benzene rings is 1. The lowest BCUT2D eigenvalue weighted by Gasteiger charge is -2.15. The highest BCUT2D eigenvalue weighted by molar-refractivity contribution is 7.90. The average Bonchev–Trinajstić information content (AvgIpc) is 2.11. The summed E-state index contributed by atoms with van der Waals surface area (Å²) in [6.45, 7) is 0. The number of halogens is 2. The molecule has 8 heteroatoms. The molecule has 5 nitrogen and oxygen atoms in total. The third-order valence-electron chi connectivity index (χ3n) is 1.80. The van der Waals surface area contributed by atoms with Crippen molar-refractivity contribution < 1.29 is 17.2 Å². The van der Waals surface area contributed by atoms with Crippen molar-refractivity contribution in [3.8, 4) is 0 Å². The zero-order valence-corrected chi connectivity index (χ0v) is 9.48. The molecule has 0 unspecified atom stereocenters. The molecular weight excluding hydrogens is 240 g/mol. The van der Waals surface area contributed by atoms with E-state index in [0.717, 1.165) is 10.4 Å². The van der Waals surface area contributed by atoms with Crippen molar-refractivity contribution in [3.05, 3.63) is 23.8 Å². The predicted octanol–water partition coefficient (Wildman–Crippen LogP) is 0.765. The number of hydrogen-bond acceptors (Lipinski definition) is 3. The highest BCUT2D eigenvalue weighted by Gasteiger charge is 2.18. The lowest BCUT2D eigenvalue weighted by atomic mass is 10.2. The molecule has 0 spiro atoms. The highest BCUT2D eigenvalue weighted by Crippen LogP contribution is 2.25. The van der Waals surface area contributed by atoms with Crippen LogP contribution in [0.2, 0.25) is 0 Å². The van der Waals surface area contributed by atoms with Crippen molar-refractivity contribution >= 4 is 21.6 Å². The number of hydrogen-bond donors (Lipinski definition) is 2. The molecule has 0 amide bonds. The molecule has 0 aliphatic rings. The summed E-state index contributed by atoms with van der Waals surface area (Å²) in [6.07, 6.45) is 0. The van der Waals surface area contributed by atoms with Crippen LogP contribution in [0, 0.1) is 11.6 Å². The van der Waals surface area contributed by atoms with E-state index < -0.39 is 27.5 Å². The van der Waals surface area contributed by atoms with Crippen LogP contribution in [0.25, 0.3) is 0 Å².